The minimum atomic E-state index is -0.435. The van der Waals surface area contributed by atoms with Crippen molar-refractivity contribution in [3.63, 3.8) is 0 Å². The molecular formula is C22H26ClN5O3S. The average Bonchev–Trinajstić information content (AvgIpc) is 3.31. The molecule has 2 fully saturated rings. The zero-order chi connectivity index (χ0) is 22.7. The SMILES string of the molecule is CC1CCN(C(=O)[C@H]2CCCN(C(=O)c3nnc(C(=O)Nc4ccc(Cl)cc4)s3)C2)CC1. The molecule has 170 valence electrons. The second kappa shape index (κ2) is 9.95. The number of benzene rings is 1. The van der Waals surface area contributed by atoms with Crippen molar-refractivity contribution >= 4 is 46.3 Å². The molecule has 8 nitrogen and oxygen atoms in total. The molecule has 1 atom stereocenters. The van der Waals surface area contributed by atoms with E-state index < -0.39 is 5.91 Å². The highest BCUT2D eigenvalue weighted by atomic mass is 35.5. The molecule has 0 aliphatic carbocycles. The van der Waals surface area contributed by atoms with Crippen molar-refractivity contribution in [3.05, 3.63) is 39.3 Å². The molecule has 1 N–H and O–H groups in total. The molecule has 4 rings (SSSR count). The van der Waals surface area contributed by atoms with Crippen LogP contribution in [0.2, 0.25) is 5.02 Å². The molecule has 2 aromatic rings. The van der Waals surface area contributed by atoms with E-state index >= 15 is 0 Å². The lowest BCUT2D eigenvalue weighted by molar-refractivity contribution is -0.138. The predicted molar refractivity (Wildman–Crippen MR) is 123 cm³/mol. The fraction of sp³-hybridized carbons (Fsp3) is 0.500. The highest BCUT2D eigenvalue weighted by Crippen LogP contribution is 2.25. The summed E-state index contributed by atoms with van der Waals surface area (Å²) in [7, 11) is 0. The van der Waals surface area contributed by atoms with E-state index in [0.29, 0.717) is 29.7 Å². The monoisotopic (exact) mass is 475 g/mol. The van der Waals surface area contributed by atoms with Crippen molar-refractivity contribution in [1.29, 1.82) is 0 Å². The number of halogens is 1. The first-order valence-electron chi connectivity index (χ1n) is 10.9. The van der Waals surface area contributed by atoms with Gasteiger partial charge in [-0.15, -0.1) is 10.2 Å². The van der Waals surface area contributed by atoms with Crippen LogP contribution in [0.1, 0.15) is 52.2 Å². The van der Waals surface area contributed by atoms with Crippen molar-refractivity contribution in [2.45, 2.75) is 32.6 Å². The van der Waals surface area contributed by atoms with Gasteiger partial charge in [0.2, 0.25) is 15.9 Å². The number of rotatable bonds is 4. The van der Waals surface area contributed by atoms with E-state index in [2.05, 4.69) is 22.4 Å². The van der Waals surface area contributed by atoms with Gasteiger partial charge in [-0.1, -0.05) is 29.9 Å². The number of amides is 3. The summed E-state index contributed by atoms with van der Waals surface area (Å²) >= 11 is 6.81. The van der Waals surface area contributed by atoms with Gasteiger partial charge < -0.3 is 15.1 Å². The number of aromatic nitrogens is 2. The Hall–Kier alpha value is -2.52. The van der Waals surface area contributed by atoms with E-state index in [-0.39, 0.29) is 27.7 Å². The van der Waals surface area contributed by atoms with Crippen LogP contribution in [0.4, 0.5) is 5.69 Å². The zero-order valence-electron chi connectivity index (χ0n) is 17.9. The molecule has 32 heavy (non-hydrogen) atoms. The van der Waals surface area contributed by atoms with E-state index in [1.54, 1.807) is 29.2 Å². The molecule has 0 bridgehead atoms. The van der Waals surface area contributed by atoms with Crippen LogP contribution in [-0.2, 0) is 4.79 Å². The molecule has 2 aliphatic rings. The molecule has 0 radical (unpaired) electrons. The topological polar surface area (TPSA) is 95.5 Å². The summed E-state index contributed by atoms with van der Waals surface area (Å²) in [5, 5.41) is 11.4. The van der Waals surface area contributed by atoms with Crippen LogP contribution in [0.25, 0.3) is 0 Å². The Labute approximate surface area is 195 Å². The Balaban J connectivity index is 1.36. The van der Waals surface area contributed by atoms with Gasteiger partial charge in [-0.2, -0.15) is 0 Å². The van der Waals surface area contributed by atoms with Gasteiger partial charge in [-0.05, 0) is 55.9 Å². The quantitative estimate of drug-likeness (QED) is 0.729. The third-order valence-corrected chi connectivity index (χ3v) is 7.22. The lowest BCUT2D eigenvalue weighted by Gasteiger charge is -2.37. The molecular weight excluding hydrogens is 450 g/mol. The Morgan fingerprint density at radius 1 is 1.00 bits per heavy atom. The number of hydrogen-bond acceptors (Lipinski definition) is 6. The van der Waals surface area contributed by atoms with Gasteiger partial charge in [0, 0.05) is 36.9 Å². The van der Waals surface area contributed by atoms with Crippen LogP contribution in [0.5, 0.6) is 0 Å². The molecule has 2 saturated heterocycles. The highest BCUT2D eigenvalue weighted by molar-refractivity contribution is 7.15. The molecule has 3 heterocycles. The molecule has 10 heteroatoms. The summed E-state index contributed by atoms with van der Waals surface area (Å²) in [6.45, 7) is 4.77. The molecule has 3 amide bonds. The number of nitrogens with zero attached hydrogens (tertiary/aromatic N) is 4. The van der Waals surface area contributed by atoms with Crippen molar-refractivity contribution < 1.29 is 14.4 Å². The van der Waals surface area contributed by atoms with E-state index in [9.17, 15) is 14.4 Å². The van der Waals surface area contributed by atoms with Crippen molar-refractivity contribution in [3.8, 4) is 0 Å². The summed E-state index contributed by atoms with van der Waals surface area (Å²) in [6.07, 6.45) is 3.63. The average molecular weight is 476 g/mol. The second-order valence-electron chi connectivity index (χ2n) is 8.47. The Morgan fingerprint density at radius 3 is 2.41 bits per heavy atom. The van der Waals surface area contributed by atoms with Crippen LogP contribution in [0, 0.1) is 11.8 Å². The van der Waals surface area contributed by atoms with Crippen LogP contribution in [-0.4, -0.2) is 63.9 Å². The largest absolute Gasteiger partial charge is 0.342 e. The Bertz CT molecular complexity index is 988. The summed E-state index contributed by atoms with van der Waals surface area (Å²) < 4.78 is 0. The van der Waals surface area contributed by atoms with E-state index in [1.807, 2.05) is 4.90 Å². The number of hydrogen-bond donors (Lipinski definition) is 1. The molecule has 2 aliphatic heterocycles. The number of carbonyl (C=O) groups is 3. The molecule has 0 spiro atoms. The first-order valence-corrected chi connectivity index (χ1v) is 12.1. The minimum absolute atomic E-state index is 0.107. The fourth-order valence-corrected chi connectivity index (χ4v) is 4.94. The first-order chi connectivity index (χ1) is 15.4. The molecule has 0 saturated carbocycles. The first kappa shape index (κ1) is 22.7. The van der Waals surface area contributed by atoms with Gasteiger partial charge in [-0.3, -0.25) is 14.4 Å². The number of likely N-dealkylation sites (tertiary alicyclic amines) is 2. The van der Waals surface area contributed by atoms with E-state index in [0.717, 1.165) is 50.1 Å². The maximum absolute atomic E-state index is 13.0. The van der Waals surface area contributed by atoms with Crippen molar-refractivity contribution in [2.75, 3.05) is 31.5 Å². The van der Waals surface area contributed by atoms with Crippen LogP contribution in [0.3, 0.4) is 0 Å². The van der Waals surface area contributed by atoms with Crippen LogP contribution < -0.4 is 5.32 Å². The van der Waals surface area contributed by atoms with Gasteiger partial charge in [0.25, 0.3) is 11.8 Å². The Morgan fingerprint density at radius 2 is 1.69 bits per heavy atom. The van der Waals surface area contributed by atoms with Gasteiger partial charge in [0.1, 0.15) is 0 Å². The van der Waals surface area contributed by atoms with Gasteiger partial charge in [0.05, 0.1) is 5.92 Å². The zero-order valence-corrected chi connectivity index (χ0v) is 19.5. The summed E-state index contributed by atoms with van der Waals surface area (Å²) in [5.41, 5.74) is 0.576. The number of carbonyl (C=O) groups excluding carboxylic acids is 3. The fourth-order valence-electron chi connectivity index (χ4n) is 4.10. The lowest BCUT2D eigenvalue weighted by atomic mass is 9.93. The van der Waals surface area contributed by atoms with Crippen LogP contribution >= 0.6 is 22.9 Å². The predicted octanol–water partition coefficient (Wildman–Crippen LogP) is 3.55. The molecule has 1 aromatic heterocycles. The van der Waals surface area contributed by atoms with E-state index in [1.165, 1.54) is 0 Å². The lowest BCUT2D eigenvalue weighted by Crippen LogP contribution is -2.48. The van der Waals surface area contributed by atoms with Gasteiger partial charge in [0.15, 0.2) is 0 Å². The summed E-state index contributed by atoms with van der Waals surface area (Å²) in [5.74, 6) is -0.0870. The number of anilines is 1. The van der Waals surface area contributed by atoms with Gasteiger partial charge >= 0.3 is 0 Å². The molecule has 0 unspecified atom stereocenters. The maximum atomic E-state index is 13.0. The second-order valence-corrected chi connectivity index (χ2v) is 9.89. The van der Waals surface area contributed by atoms with Crippen LogP contribution in [0.15, 0.2) is 24.3 Å². The molecule has 1 aromatic carbocycles. The third-order valence-electron chi connectivity index (χ3n) is 6.06. The maximum Gasteiger partial charge on any atom is 0.286 e. The third kappa shape index (κ3) is 5.27. The number of piperidine rings is 2. The minimum Gasteiger partial charge on any atom is -0.342 e. The van der Waals surface area contributed by atoms with Crippen molar-refractivity contribution in [1.82, 2.24) is 20.0 Å². The highest BCUT2D eigenvalue weighted by Gasteiger charge is 2.33. The Kier molecular flexibility index (Phi) is 7.05. The van der Waals surface area contributed by atoms with Gasteiger partial charge in [-0.25, -0.2) is 0 Å². The summed E-state index contributed by atoms with van der Waals surface area (Å²) in [6, 6.07) is 6.71. The van der Waals surface area contributed by atoms with E-state index in [4.69, 9.17) is 11.6 Å². The normalized spacial score (nSPS) is 19.6. The summed E-state index contributed by atoms with van der Waals surface area (Å²) in [4.78, 5) is 42.0. The smallest absolute Gasteiger partial charge is 0.286 e. The standard InChI is InChI=1S/C22H26ClN5O3S/c1-14-8-11-27(12-9-14)21(30)15-3-2-10-28(13-15)22(31)20-26-25-19(32-20)18(29)24-17-6-4-16(23)5-7-17/h4-7,14-15H,2-3,8-13H2,1H3,(H,24,29)/t15-/m0/s1. The number of nitrogens with one attached hydrogen (secondary N) is 1. The van der Waals surface area contributed by atoms with Crippen molar-refractivity contribution in [2.24, 2.45) is 11.8 Å².